The van der Waals surface area contributed by atoms with E-state index in [1.54, 1.807) is 24.3 Å². The molecule has 17 heavy (non-hydrogen) atoms. The minimum absolute atomic E-state index is 0.101. The number of rotatable bonds is 4. The Kier molecular flexibility index (Phi) is 3.10. The quantitative estimate of drug-likeness (QED) is 0.855. The van der Waals surface area contributed by atoms with Gasteiger partial charge in [0.2, 0.25) is 5.95 Å². The molecular formula is C10H12N4O2S. The number of H-pyrrole nitrogens is 1. The van der Waals surface area contributed by atoms with Crippen LogP contribution in [0.3, 0.4) is 0 Å². The van der Waals surface area contributed by atoms with Gasteiger partial charge in [0, 0.05) is 0 Å². The summed E-state index contributed by atoms with van der Waals surface area (Å²) >= 11 is 0. The molecule has 0 aliphatic carbocycles. The van der Waals surface area contributed by atoms with Gasteiger partial charge in [-0.1, -0.05) is 19.1 Å². The molecule has 90 valence electrons. The van der Waals surface area contributed by atoms with Crippen LogP contribution in [-0.4, -0.2) is 23.6 Å². The smallest absolute Gasteiger partial charge is 0.248 e. The lowest BCUT2D eigenvalue weighted by molar-refractivity contribution is 0.601. The van der Waals surface area contributed by atoms with Crippen molar-refractivity contribution in [1.29, 1.82) is 0 Å². The summed E-state index contributed by atoms with van der Waals surface area (Å²) in [5.41, 5.74) is 1.09. The minimum atomic E-state index is -3.59. The molecule has 0 spiro atoms. The van der Waals surface area contributed by atoms with Crippen LogP contribution in [0.15, 0.2) is 35.5 Å². The second-order valence-corrected chi connectivity index (χ2v) is 5.12. The predicted octanol–water partition coefficient (Wildman–Crippen LogP) is 1.17. The van der Waals surface area contributed by atoms with Crippen LogP contribution in [-0.2, 0) is 16.4 Å². The topological polar surface area (TPSA) is 87.7 Å². The van der Waals surface area contributed by atoms with E-state index in [1.165, 1.54) is 6.33 Å². The van der Waals surface area contributed by atoms with E-state index in [0.29, 0.717) is 0 Å². The third-order valence-corrected chi connectivity index (χ3v) is 3.64. The summed E-state index contributed by atoms with van der Waals surface area (Å²) in [7, 11) is -3.59. The van der Waals surface area contributed by atoms with Crippen molar-refractivity contribution in [3.8, 4) is 0 Å². The van der Waals surface area contributed by atoms with E-state index >= 15 is 0 Å². The second-order valence-electron chi connectivity index (χ2n) is 3.44. The van der Waals surface area contributed by atoms with Gasteiger partial charge >= 0.3 is 0 Å². The van der Waals surface area contributed by atoms with Gasteiger partial charge in [-0.05, 0) is 24.1 Å². The van der Waals surface area contributed by atoms with Gasteiger partial charge in [-0.3, -0.25) is 0 Å². The number of nitrogens with one attached hydrogen (secondary N) is 2. The maximum absolute atomic E-state index is 11.9. The summed E-state index contributed by atoms with van der Waals surface area (Å²) in [6.45, 7) is 2.01. The first-order valence-electron chi connectivity index (χ1n) is 5.09. The average Bonchev–Trinajstić information content (AvgIpc) is 2.81. The molecule has 0 aliphatic rings. The molecule has 2 N–H and O–H groups in total. The molecule has 0 radical (unpaired) electrons. The van der Waals surface area contributed by atoms with Crippen molar-refractivity contribution in [2.75, 3.05) is 4.72 Å². The Morgan fingerprint density at radius 2 is 2.00 bits per heavy atom. The lowest BCUT2D eigenvalue weighted by atomic mass is 10.2. The molecular weight excluding hydrogens is 240 g/mol. The van der Waals surface area contributed by atoms with Crippen molar-refractivity contribution in [3.63, 3.8) is 0 Å². The Morgan fingerprint density at radius 1 is 1.29 bits per heavy atom. The third kappa shape index (κ3) is 2.62. The van der Waals surface area contributed by atoms with E-state index in [4.69, 9.17) is 0 Å². The van der Waals surface area contributed by atoms with Crippen molar-refractivity contribution in [2.24, 2.45) is 0 Å². The largest absolute Gasteiger partial charge is 0.264 e. The monoisotopic (exact) mass is 252 g/mol. The molecule has 0 amide bonds. The average molecular weight is 252 g/mol. The van der Waals surface area contributed by atoms with E-state index in [9.17, 15) is 8.42 Å². The molecule has 1 heterocycles. The fourth-order valence-corrected chi connectivity index (χ4v) is 2.31. The molecule has 0 unspecified atom stereocenters. The van der Waals surface area contributed by atoms with Crippen LogP contribution in [0.25, 0.3) is 0 Å². The standard InChI is InChI=1S/C10H12N4O2S/c1-2-8-3-5-9(6-4-8)17(15,16)14-10-11-7-12-13-10/h3-7H,2H2,1H3,(H2,11,12,13,14). The van der Waals surface area contributed by atoms with E-state index in [2.05, 4.69) is 19.9 Å². The van der Waals surface area contributed by atoms with Crippen molar-refractivity contribution in [1.82, 2.24) is 15.2 Å². The second kappa shape index (κ2) is 4.54. The minimum Gasteiger partial charge on any atom is -0.248 e. The maximum atomic E-state index is 11.9. The van der Waals surface area contributed by atoms with Crippen molar-refractivity contribution < 1.29 is 8.42 Å². The summed E-state index contributed by atoms with van der Waals surface area (Å²) in [6, 6.07) is 6.71. The van der Waals surface area contributed by atoms with E-state index < -0.39 is 10.0 Å². The number of anilines is 1. The number of nitrogens with zero attached hydrogens (tertiary/aromatic N) is 2. The van der Waals surface area contributed by atoms with Crippen LogP contribution in [0.5, 0.6) is 0 Å². The molecule has 1 aromatic heterocycles. The molecule has 2 aromatic rings. The molecule has 0 atom stereocenters. The Bertz CT molecular complexity index is 575. The normalized spacial score (nSPS) is 11.4. The highest BCUT2D eigenvalue weighted by molar-refractivity contribution is 7.92. The fraction of sp³-hybridized carbons (Fsp3) is 0.200. The van der Waals surface area contributed by atoms with E-state index in [-0.39, 0.29) is 10.8 Å². The lowest BCUT2D eigenvalue weighted by Crippen LogP contribution is -2.13. The summed E-state index contributed by atoms with van der Waals surface area (Å²) < 4.78 is 26.1. The van der Waals surface area contributed by atoms with E-state index in [1.807, 2.05) is 6.92 Å². The third-order valence-electron chi connectivity index (χ3n) is 2.29. The van der Waals surface area contributed by atoms with Gasteiger partial charge in [0.1, 0.15) is 6.33 Å². The maximum Gasteiger partial charge on any atom is 0.264 e. The number of benzene rings is 1. The van der Waals surface area contributed by atoms with Gasteiger partial charge in [-0.15, -0.1) is 0 Å². The first-order valence-corrected chi connectivity index (χ1v) is 6.57. The summed E-state index contributed by atoms with van der Waals surface area (Å²) in [6.07, 6.45) is 2.11. The van der Waals surface area contributed by atoms with Crippen LogP contribution in [0.1, 0.15) is 12.5 Å². The Balaban J connectivity index is 2.25. The first-order chi connectivity index (χ1) is 8.12. The summed E-state index contributed by atoms with van der Waals surface area (Å²) in [5.74, 6) is 0.101. The van der Waals surface area contributed by atoms with Gasteiger partial charge in [0.25, 0.3) is 10.0 Å². The Labute approximate surface area is 99.1 Å². The first kappa shape index (κ1) is 11.6. The number of aromatic nitrogens is 3. The van der Waals surface area contributed by atoms with Crippen molar-refractivity contribution in [3.05, 3.63) is 36.2 Å². The van der Waals surface area contributed by atoms with Gasteiger partial charge < -0.3 is 0 Å². The zero-order chi connectivity index (χ0) is 12.3. The molecule has 1 aromatic carbocycles. The van der Waals surface area contributed by atoms with Gasteiger partial charge in [0.15, 0.2) is 0 Å². The summed E-state index contributed by atoms with van der Waals surface area (Å²) in [5, 5.41) is 6.00. The van der Waals surface area contributed by atoms with Crippen LogP contribution >= 0.6 is 0 Å². The molecule has 0 saturated carbocycles. The van der Waals surface area contributed by atoms with Crippen molar-refractivity contribution >= 4 is 16.0 Å². The SMILES string of the molecule is CCc1ccc(S(=O)(=O)Nc2ncn[nH]2)cc1. The zero-order valence-electron chi connectivity index (χ0n) is 9.21. The van der Waals surface area contributed by atoms with Gasteiger partial charge in [-0.25, -0.2) is 18.2 Å². The number of aryl methyl sites for hydroxylation is 1. The molecule has 0 bridgehead atoms. The van der Waals surface area contributed by atoms with Gasteiger partial charge in [0.05, 0.1) is 4.90 Å². The van der Waals surface area contributed by atoms with Gasteiger partial charge in [-0.2, -0.15) is 10.1 Å². The van der Waals surface area contributed by atoms with Crippen LogP contribution in [0.2, 0.25) is 0 Å². The lowest BCUT2D eigenvalue weighted by Gasteiger charge is -2.05. The highest BCUT2D eigenvalue weighted by Gasteiger charge is 2.14. The number of aromatic amines is 1. The highest BCUT2D eigenvalue weighted by atomic mass is 32.2. The van der Waals surface area contributed by atoms with Crippen LogP contribution in [0, 0.1) is 0 Å². The Hall–Kier alpha value is -1.89. The predicted molar refractivity (Wildman–Crippen MR) is 63.0 cm³/mol. The van der Waals surface area contributed by atoms with Crippen LogP contribution < -0.4 is 4.72 Å². The molecule has 7 heteroatoms. The Morgan fingerprint density at radius 3 is 2.53 bits per heavy atom. The zero-order valence-corrected chi connectivity index (χ0v) is 10.0. The van der Waals surface area contributed by atoms with E-state index in [0.717, 1.165) is 12.0 Å². The fourth-order valence-electron chi connectivity index (χ4n) is 1.35. The van der Waals surface area contributed by atoms with Crippen molar-refractivity contribution in [2.45, 2.75) is 18.2 Å². The molecule has 0 saturated heterocycles. The summed E-state index contributed by atoms with van der Waals surface area (Å²) in [4.78, 5) is 3.90. The number of hydrogen-bond acceptors (Lipinski definition) is 4. The number of hydrogen-bond donors (Lipinski definition) is 2. The molecule has 6 nitrogen and oxygen atoms in total. The number of sulfonamides is 1. The van der Waals surface area contributed by atoms with Crippen LogP contribution in [0.4, 0.5) is 5.95 Å². The molecule has 2 rings (SSSR count). The highest BCUT2D eigenvalue weighted by Crippen LogP contribution is 2.13. The molecule has 0 aliphatic heterocycles. The molecule has 0 fully saturated rings.